The maximum absolute atomic E-state index is 12.7. The number of esters is 3. The van der Waals surface area contributed by atoms with Crippen LogP contribution >= 0.6 is 0 Å². The average Bonchev–Trinajstić information content (AvgIpc) is 3.24. The van der Waals surface area contributed by atoms with Crippen LogP contribution in [0.1, 0.15) is 207 Å². The van der Waals surface area contributed by atoms with Gasteiger partial charge in [0.2, 0.25) is 0 Å². The number of allylic oxidation sites excluding steroid dienone is 16. The summed E-state index contributed by atoms with van der Waals surface area (Å²) in [6.45, 7) is 6.36. The lowest BCUT2D eigenvalue weighted by Crippen LogP contribution is -2.30. The Morgan fingerprint density at radius 3 is 1.20 bits per heavy atom. The number of ether oxygens (including phenoxy) is 3. The van der Waals surface area contributed by atoms with Gasteiger partial charge in [0.15, 0.2) is 6.10 Å². The quantitative estimate of drug-likeness (QED) is 0.0200. The first kappa shape index (κ1) is 56.3. The highest BCUT2D eigenvalue weighted by Gasteiger charge is 2.19. The zero-order valence-corrected chi connectivity index (χ0v) is 38.7. The molecule has 6 nitrogen and oxygen atoms in total. The van der Waals surface area contributed by atoms with E-state index in [-0.39, 0.29) is 31.1 Å². The molecule has 0 N–H and O–H groups in total. The summed E-state index contributed by atoms with van der Waals surface area (Å²) in [6.07, 6.45) is 62.5. The average molecular weight is 833 g/mol. The lowest BCUT2D eigenvalue weighted by molar-refractivity contribution is -0.167. The van der Waals surface area contributed by atoms with Crippen LogP contribution in [-0.2, 0) is 28.6 Å². The van der Waals surface area contributed by atoms with Crippen molar-refractivity contribution >= 4 is 17.9 Å². The molecule has 0 saturated heterocycles. The molecule has 0 aliphatic rings. The van der Waals surface area contributed by atoms with E-state index >= 15 is 0 Å². The van der Waals surface area contributed by atoms with Crippen molar-refractivity contribution in [3.05, 3.63) is 97.2 Å². The summed E-state index contributed by atoms with van der Waals surface area (Å²) in [6, 6.07) is 0. The molecule has 6 heteroatoms. The van der Waals surface area contributed by atoms with Crippen molar-refractivity contribution in [3.8, 4) is 0 Å². The third kappa shape index (κ3) is 45.4. The van der Waals surface area contributed by atoms with E-state index in [1.807, 2.05) is 0 Å². The number of unbranched alkanes of at least 4 members (excludes halogenated alkanes) is 16. The monoisotopic (exact) mass is 833 g/mol. The predicted octanol–water partition coefficient (Wildman–Crippen LogP) is 15.8. The Bertz CT molecular complexity index is 1230. The molecule has 0 aliphatic heterocycles. The Kier molecular flexibility index (Phi) is 45.1. The fourth-order valence-corrected chi connectivity index (χ4v) is 6.14. The number of hydrogen-bond acceptors (Lipinski definition) is 6. The molecule has 0 amide bonds. The molecule has 0 radical (unpaired) electrons. The Labute approximate surface area is 368 Å². The minimum absolute atomic E-state index is 0.107. The van der Waals surface area contributed by atoms with Crippen LogP contribution in [0.5, 0.6) is 0 Å². The fraction of sp³-hybridized carbons (Fsp3) is 0.648. The first-order valence-corrected chi connectivity index (χ1v) is 24.3. The molecule has 0 saturated carbocycles. The van der Waals surface area contributed by atoms with E-state index in [2.05, 4.69) is 118 Å². The lowest BCUT2D eigenvalue weighted by atomic mass is 10.1. The zero-order valence-electron chi connectivity index (χ0n) is 38.7. The van der Waals surface area contributed by atoms with Crippen molar-refractivity contribution in [2.45, 2.75) is 213 Å². The molecule has 340 valence electrons. The molecule has 0 bridgehead atoms. The Balaban J connectivity index is 4.47. The minimum atomic E-state index is -0.805. The number of rotatable bonds is 42. The van der Waals surface area contributed by atoms with Crippen molar-refractivity contribution in [2.75, 3.05) is 13.2 Å². The lowest BCUT2D eigenvalue weighted by Gasteiger charge is -2.18. The number of carbonyl (C=O) groups is 3. The minimum Gasteiger partial charge on any atom is -0.462 e. The largest absolute Gasteiger partial charge is 0.462 e. The molecule has 0 fully saturated rings. The highest BCUT2D eigenvalue weighted by molar-refractivity contribution is 5.71. The highest BCUT2D eigenvalue weighted by Crippen LogP contribution is 2.12. The highest BCUT2D eigenvalue weighted by atomic mass is 16.6. The van der Waals surface area contributed by atoms with E-state index in [1.165, 1.54) is 44.9 Å². The molecule has 1 atom stereocenters. The van der Waals surface area contributed by atoms with Gasteiger partial charge in [-0.3, -0.25) is 14.4 Å². The second-order valence-corrected chi connectivity index (χ2v) is 15.7. The van der Waals surface area contributed by atoms with Gasteiger partial charge in [0.05, 0.1) is 0 Å². The van der Waals surface area contributed by atoms with Crippen molar-refractivity contribution in [3.63, 3.8) is 0 Å². The van der Waals surface area contributed by atoms with Gasteiger partial charge in [0.1, 0.15) is 13.2 Å². The molecule has 0 aromatic heterocycles. The van der Waals surface area contributed by atoms with Crippen LogP contribution in [-0.4, -0.2) is 37.2 Å². The molecular weight excluding hydrogens is 745 g/mol. The molecule has 0 aliphatic carbocycles. The van der Waals surface area contributed by atoms with Crippen molar-refractivity contribution in [1.29, 1.82) is 0 Å². The van der Waals surface area contributed by atoms with E-state index in [4.69, 9.17) is 14.2 Å². The van der Waals surface area contributed by atoms with Crippen LogP contribution in [0.4, 0.5) is 0 Å². The van der Waals surface area contributed by atoms with E-state index in [9.17, 15) is 14.4 Å². The Morgan fingerprint density at radius 1 is 0.367 bits per heavy atom. The summed E-state index contributed by atoms with van der Waals surface area (Å²) in [7, 11) is 0. The van der Waals surface area contributed by atoms with Crippen LogP contribution < -0.4 is 0 Å². The van der Waals surface area contributed by atoms with E-state index < -0.39 is 6.10 Å². The van der Waals surface area contributed by atoms with E-state index in [0.717, 1.165) is 122 Å². The Hall–Kier alpha value is -3.67. The molecular formula is C54H88O6. The van der Waals surface area contributed by atoms with Gasteiger partial charge in [0.25, 0.3) is 0 Å². The maximum Gasteiger partial charge on any atom is 0.306 e. The van der Waals surface area contributed by atoms with Gasteiger partial charge < -0.3 is 14.2 Å². The van der Waals surface area contributed by atoms with Gasteiger partial charge in [-0.25, -0.2) is 0 Å². The summed E-state index contributed by atoms with van der Waals surface area (Å²) in [4.78, 5) is 37.8. The van der Waals surface area contributed by atoms with Crippen molar-refractivity contribution in [1.82, 2.24) is 0 Å². The van der Waals surface area contributed by atoms with Crippen LogP contribution in [0, 0.1) is 0 Å². The molecule has 60 heavy (non-hydrogen) atoms. The standard InChI is InChI=1S/C54H88O6/c1-4-7-10-13-16-19-22-24-25-26-27-28-29-30-33-35-38-41-44-47-53(56)59-50-51(49-58-52(55)46-43-40-37-34-31-21-18-15-12-9-6-3)60-54(57)48-45-42-39-36-32-23-20-17-14-11-8-5-2/h7,10,15-21,24-25,27-28,30-31,33,51H,4-6,8-9,11-14,22-23,26,29,32,34-50H2,1-3H3/b10-7-,18-15-,19-16-,20-17-,25-24-,28-27-,31-21-,33-30-. The van der Waals surface area contributed by atoms with Gasteiger partial charge in [-0.2, -0.15) is 0 Å². The topological polar surface area (TPSA) is 78.9 Å². The van der Waals surface area contributed by atoms with Gasteiger partial charge in [-0.15, -0.1) is 0 Å². The summed E-state index contributed by atoms with van der Waals surface area (Å²) in [5.74, 6) is -0.982. The molecule has 0 heterocycles. The third-order valence-electron chi connectivity index (χ3n) is 9.82. The predicted molar refractivity (Wildman–Crippen MR) is 256 cm³/mol. The smallest absolute Gasteiger partial charge is 0.306 e. The zero-order chi connectivity index (χ0) is 43.7. The summed E-state index contributed by atoms with van der Waals surface area (Å²) in [5, 5.41) is 0. The van der Waals surface area contributed by atoms with E-state index in [1.54, 1.807) is 0 Å². The van der Waals surface area contributed by atoms with E-state index in [0.29, 0.717) is 19.3 Å². The maximum atomic E-state index is 12.7. The summed E-state index contributed by atoms with van der Waals surface area (Å²) >= 11 is 0. The molecule has 1 unspecified atom stereocenters. The first-order chi connectivity index (χ1) is 29.5. The van der Waals surface area contributed by atoms with Crippen molar-refractivity contribution in [2.24, 2.45) is 0 Å². The summed E-state index contributed by atoms with van der Waals surface area (Å²) < 4.78 is 16.7. The van der Waals surface area contributed by atoms with Crippen LogP contribution in [0.2, 0.25) is 0 Å². The van der Waals surface area contributed by atoms with Crippen LogP contribution in [0.3, 0.4) is 0 Å². The van der Waals surface area contributed by atoms with Gasteiger partial charge in [0, 0.05) is 19.3 Å². The second-order valence-electron chi connectivity index (χ2n) is 15.7. The third-order valence-corrected chi connectivity index (χ3v) is 9.82. The van der Waals surface area contributed by atoms with Gasteiger partial charge >= 0.3 is 17.9 Å². The van der Waals surface area contributed by atoms with Crippen molar-refractivity contribution < 1.29 is 28.6 Å². The number of carbonyl (C=O) groups excluding carboxylic acids is 3. The first-order valence-electron chi connectivity index (χ1n) is 24.3. The molecule has 0 aromatic rings. The molecule has 0 spiro atoms. The van der Waals surface area contributed by atoms with Crippen LogP contribution in [0.25, 0.3) is 0 Å². The summed E-state index contributed by atoms with van der Waals surface area (Å²) in [5.41, 5.74) is 0. The Morgan fingerprint density at radius 2 is 0.717 bits per heavy atom. The van der Waals surface area contributed by atoms with Gasteiger partial charge in [-0.05, 0) is 109 Å². The number of hydrogen-bond donors (Lipinski definition) is 0. The van der Waals surface area contributed by atoms with Gasteiger partial charge in [-0.1, -0.05) is 176 Å². The normalized spacial score (nSPS) is 12.9. The molecule has 0 aromatic carbocycles. The fourth-order valence-electron chi connectivity index (χ4n) is 6.14. The second kappa shape index (κ2) is 48.0. The molecule has 0 rings (SSSR count). The SMILES string of the molecule is CC/C=C\C/C=C\C/C=C\C/C=C\C/C=C\CCCCCC(=O)OCC(COC(=O)CCCCC/C=C\C=C/CCCC)OC(=O)CCCCCCC/C=C\CCCCC. The van der Waals surface area contributed by atoms with Crippen LogP contribution in [0.15, 0.2) is 97.2 Å².